The highest BCUT2D eigenvalue weighted by Gasteiger charge is 2.04. The molecule has 0 atom stereocenters. The second kappa shape index (κ2) is 12.8. The lowest BCUT2D eigenvalue weighted by Gasteiger charge is -1.94. The third kappa shape index (κ3) is 10.5. The number of carbonyl (C=O) groups is 2. The van der Waals surface area contributed by atoms with Crippen LogP contribution in [0.15, 0.2) is 36.9 Å². The van der Waals surface area contributed by atoms with Crippen LogP contribution in [0.25, 0.3) is 0 Å². The molecule has 1 aromatic rings. The molecule has 0 spiro atoms. The lowest BCUT2D eigenvalue weighted by atomic mass is 10.1. The summed E-state index contributed by atoms with van der Waals surface area (Å²) in [6.45, 7) is 2.87. The molecule has 0 saturated carbocycles. The number of nitrogens with zero attached hydrogens (tertiary/aromatic N) is 1. The number of benzene rings is 1. The molecule has 0 fully saturated rings. The van der Waals surface area contributed by atoms with Crippen LogP contribution >= 0.6 is 0 Å². The molecule has 0 bridgehead atoms. The van der Waals surface area contributed by atoms with Gasteiger partial charge in [0.2, 0.25) is 0 Å². The number of hydrogen-bond acceptors (Lipinski definition) is 5. The van der Waals surface area contributed by atoms with Crippen LogP contribution in [-0.4, -0.2) is 45.6 Å². The summed E-state index contributed by atoms with van der Waals surface area (Å²) in [6.07, 6.45) is 1.18. The summed E-state index contributed by atoms with van der Waals surface area (Å²) in [5.41, 5.74) is 0.167. The minimum Gasteiger partial charge on any atom is -0.478 e. The lowest BCUT2D eigenvalue weighted by molar-refractivity contribution is 0.0681. The third-order valence-corrected chi connectivity index (χ3v) is 1.57. The standard InChI is InChI=1S/C8H6O4.C3H3N.C2H6O2/c9-7(10)5-1-2-6(4-3-5)8(11)12;1-2-3-4;3-1-2-4/h1-4H,(H,9,10)(H,11,12);2H,1H2;3-4H,1-2H2. The van der Waals surface area contributed by atoms with Crippen LogP contribution in [0.4, 0.5) is 0 Å². The Morgan fingerprint density at radius 1 is 1.05 bits per heavy atom. The molecule has 108 valence electrons. The molecule has 20 heavy (non-hydrogen) atoms. The summed E-state index contributed by atoms with van der Waals surface area (Å²) in [5, 5.41) is 39.7. The fourth-order valence-electron chi connectivity index (χ4n) is 0.755. The fourth-order valence-corrected chi connectivity index (χ4v) is 0.755. The summed E-state index contributed by atoms with van der Waals surface area (Å²) in [7, 11) is 0. The lowest BCUT2D eigenvalue weighted by Crippen LogP contribution is -1.99. The van der Waals surface area contributed by atoms with E-state index in [1.54, 1.807) is 6.07 Å². The van der Waals surface area contributed by atoms with Crippen LogP contribution in [-0.2, 0) is 0 Å². The van der Waals surface area contributed by atoms with E-state index in [0.29, 0.717) is 0 Å². The van der Waals surface area contributed by atoms with Crippen molar-refractivity contribution in [3.8, 4) is 6.07 Å². The fraction of sp³-hybridized carbons (Fsp3) is 0.154. The van der Waals surface area contributed by atoms with Crippen molar-refractivity contribution < 1.29 is 30.0 Å². The van der Waals surface area contributed by atoms with Gasteiger partial charge in [-0.3, -0.25) is 0 Å². The Kier molecular flexibility index (Phi) is 12.5. The molecule has 0 aliphatic carbocycles. The van der Waals surface area contributed by atoms with E-state index in [9.17, 15) is 9.59 Å². The predicted octanol–water partition coefficient (Wildman–Crippen LogP) is 0.750. The molecule has 1 aromatic carbocycles. The van der Waals surface area contributed by atoms with Gasteiger partial charge in [0.25, 0.3) is 0 Å². The average molecular weight is 281 g/mol. The first kappa shape index (κ1) is 19.6. The van der Waals surface area contributed by atoms with E-state index in [-0.39, 0.29) is 24.3 Å². The second-order valence-corrected chi connectivity index (χ2v) is 2.97. The highest BCUT2D eigenvalue weighted by Crippen LogP contribution is 2.03. The molecule has 0 saturated heterocycles. The van der Waals surface area contributed by atoms with Gasteiger partial charge in [0.15, 0.2) is 0 Å². The van der Waals surface area contributed by atoms with Crippen LogP contribution < -0.4 is 0 Å². The topological polar surface area (TPSA) is 139 Å². The van der Waals surface area contributed by atoms with Gasteiger partial charge in [-0.2, -0.15) is 5.26 Å². The number of carboxylic acid groups (broad SMARTS) is 2. The highest BCUT2D eigenvalue weighted by molar-refractivity contribution is 5.91. The van der Waals surface area contributed by atoms with Crippen LogP contribution in [0.5, 0.6) is 0 Å². The SMILES string of the molecule is C=CC#N.O=C(O)c1ccc(C(=O)O)cc1.OCCO. The first-order valence-electron chi connectivity index (χ1n) is 5.23. The van der Waals surface area contributed by atoms with Crippen molar-refractivity contribution in [2.24, 2.45) is 0 Å². The maximum atomic E-state index is 10.3. The van der Waals surface area contributed by atoms with E-state index in [1.165, 1.54) is 30.3 Å². The quantitative estimate of drug-likeness (QED) is 0.599. The zero-order valence-corrected chi connectivity index (χ0v) is 10.6. The van der Waals surface area contributed by atoms with Gasteiger partial charge in [-0.25, -0.2) is 9.59 Å². The number of aliphatic hydroxyl groups excluding tert-OH is 2. The Balaban J connectivity index is 0. The Labute approximate surface area is 115 Å². The maximum Gasteiger partial charge on any atom is 0.335 e. The van der Waals surface area contributed by atoms with Crippen molar-refractivity contribution >= 4 is 11.9 Å². The molecular weight excluding hydrogens is 266 g/mol. The van der Waals surface area contributed by atoms with Crippen molar-refractivity contribution in [1.29, 1.82) is 5.26 Å². The molecular formula is C13H15NO6. The van der Waals surface area contributed by atoms with Gasteiger partial charge in [-0.15, -0.1) is 0 Å². The van der Waals surface area contributed by atoms with Crippen molar-refractivity contribution in [3.63, 3.8) is 0 Å². The van der Waals surface area contributed by atoms with E-state index < -0.39 is 11.9 Å². The monoisotopic (exact) mass is 281 g/mol. The number of aliphatic hydroxyl groups is 2. The van der Waals surface area contributed by atoms with Crippen LogP contribution in [0, 0.1) is 11.3 Å². The van der Waals surface area contributed by atoms with E-state index >= 15 is 0 Å². The predicted molar refractivity (Wildman–Crippen MR) is 70.3 cm³/mol. The van der Waals surface area contributed by atoms with Gasteiger partial charge in [0.1, 0.15) is 0 Å². The molecule has 0 aromatic heterocycles. The Morgan fingerprint density at radius 2 is 1.30 bits per heavy atom. The average Bonchev–Trinajstić information content (AvgIpc) is 2.47. The number of allylic oxidation sites excluding steroid dienone is 1. The van der Waals surface area contributed by atoms with Crippen molar-refractivity contribution in [3.05, 3.63) is 48.0 Å². The van der Waals surface area contributed by atoms with Gasteiger partial charge in [-0.1, -0.05) is 6.58 Å². The minimum absolute atomic E-state index is 0.0833. The van der Waals surface area contributed by atoms with Crippen LogP contribution in [0.3, 0.4) is 0 Å². The maximum absolute atomic E-state index is 10.3. The summed E-state index contributed by atoms with van der Waals surface area (Å²) in [4.78, 5) is 20.7. The molecule has 0 heterocycles. The largest absolute Gasteiger partial charge is 0.478 e. The van der Waals surface area contributed by atoms with Gasteiger partial charge in [0.05, 0.1) is 30.4 Å². The zero-order valence-electron chi connectivity index (χ0n) is 10.6. The molecule has 0 unspecified atom stereocenters. The molecule has 0 aliphatic heterocycles. The molecule has 7 heteroatoms. The molecule has 0 radical (unpaired) electrons. The second-order valence-electron chi connectivity index (χ2n) is 2.97. The summed E-state index contributed by atoms with van der Waals surface area (Å²) < 4.78 is 0. The molecule has 7 nitrogen and oxygen atoms in total. The van der Waals surface area contributed by atoms with E-state index in [0.717, 1.165) is 0 Å². The summed E-state index contributed by atoms with van der Waals surface area (Å²) >= 11 is 0. The molecule has 1 rings (SSSR count). The number of carboxylic acids is 2. The first-order chi connectivity index (χ1) is 9.44. The normalized spacial score (nSPS) is 7.85. The number of aromatic carboxylic acids is 2. The van der Waals surface area contributed by atoms with Gasteiger partial charge < -0.3 is 20.4 Å². The number of hydrogen-bond donors (Lipinski definition) is 4. The number of rotatable bonds is 3. The Bertz CT molecular complexity index is 426. The van der Waals surface area contributed by atoms with E-state index in [2.05, 4.69) is 6.58 Å². The summed E-state index contributed by atoms with van der Waals surface area (Å²) in [5.74, 6) is -2.13. The third-order valence-electron chi connectivity index (χ3n) is 1.57. The van der Waals surface area contributed by atoms with Crippen LogP contribution in [0.2, 0.25) is 0 Å². The first-order valence-corrected chi connectivity index (χ1v) is 5.23. The summed E-state index contributed by atoms with van der Waals surface area (Å²) in [6, 6.07) is 6.72. The number of nitriles is 1. The van der Waals surface area contributed by atoms with E-state index in [4.69, 9.17) is 25.7 Å². The highest BCUT2D eigenvalue weighted by atomic mass is 16.4. The van der Waals surface area contributed by atoms with Crippen molar-refractivity contribution in [1.82, 2.24) is 0 Å². The van der Waals surface area contributed by atoms with Gasteiger partial charge in [0, 0.05) is 6.08 Å². The minimum atomic E-state index is -1.06. The molecule has 4 N–H and O–H groups in total. The molecule has 0 aliphatic rings. The molecule has 0 amide bonds. The van der Waals surface area contributed by atoms with E-state index in [1.807, 2.05) is 0 Å². The van der Waals surface area contributed by atoms with Crippen molar-refractivity contribution in [2.45, 2.75) is 0 Å². The zero-order chi connectivity index (χ0) is 16.0. The Hall–Kier alpha value is -2.69. The smallest absolute Gasteiger partial charge is 0.335 e. The van der Waals surface area contributed by atoms with Gasteiger partial charge >= 0.3 is 11.9 Å². The van der Waals surface area contributed by atoms with Crippen molar-refractivity contribution in [2.75, 3.05) is 13.2 Å². The van der Waals surface area contributed by atoms with Gasteiger partial charge in [-0.05, 0) is 24.3 Å². The Morgan fingerprint density at radius 3 is 1.40 bits per heavy atom. The van der Waals surface area contributed by atoms with Crippen LogP contribution in [0.1, 0.15) is 20.7 Å².